The molecule has 0 spiro atoms. The van der Waals surface area contributed by atoms with Gasteiger partial charge in [-0.1, -0.05) is 17.7 Å². The molecule has 6 nitrogen and oxygen atoms in total. The minimum Gasteiger partial charge on any atom is -0.482 e. The molecule has 0 saturated heterocycles. The standard InChI is InChI=1S/C19H21ClN2O4/c1-11(2)26-19(24)13-7-8-15(21)17(9-13)25-10-18(23)22-16-6-4-5-14(20)12(16)3/h4-9,11H,10,21H2,1-3H3,(H,22,23). The molecule has 0 atom stereocenters. The zero-order valence-corrected chi connectivity index (χ0v) is 15.6. The lowest BCUT2D eigenvalue weighted by Crippen LogP contribution is -2.21. The minimum atomic E-state index is -0.483. The number of carbonyl (C=O) groups excluding carboxylic acids is 2. The van der Waals surface area contributed by atoms with Crippen molar-refractivity contribution in [3.8, 4) is 5.75 Å². The number of nitrogen functional groups attached to an aromatic ring is 1. The van der Waals surface area contributed by atoms with Gasteiger partial charge in [0.15, 0.2) is 6.61 Å². The second-order valence-electron chi connectivity index (χ2n) is 5.96. The number of halogens is 1. The molecule has 0 saturated carbocycles. The Bertz CT molecular complexity index is 821. The van der Waals surface area contributed by atoms with Crippen LogP contribution in [0.2, 0.25) is 5.02 Å². The molecule has 1 amide bonds. The van der Waals surface area contributed by atoms with Gasteiger partial charge in [-0.25, -0.2) is 4.79 Å². The number of hydrogen-bond acceptors (Lipinski definition) is 5. The van der Waals surface area contributed by atoms with Crippen molar-refractivity contribution in [3.05, 3.63) is 52.5 Å². The quantitative estimate of drug-likeness (QED) is 0.590. The first-order valence-electron chi connectivity index (χ1n) is 8.06. The van der Waals surface area contributed by atoms with E-state index in [0.717, 1.165) is 5.56 Å². The van der Waals surface area contributed by atoms with E-state index in [1.54, 1.807) is 45.0 Å². The maximum Gasteiger partial charge on any atom is 0.338 e. The third-order valence-electron chi connectivity index (χ3n) is 3.49. The summed E-state index contributed by atoms with van der Waals surface area (Å²) < 4.78 is 10.6. The van der Waals surface area contributed by atoms with Crippen molar-refractivity contribution in [2.24, 2.45) is 0 Å². The molecule has 0 aliphatic heterocycles. The third kappa shape index (κ3) is 5.13. The van der Waals surface area contributed by atoms with Crippen LogP contribution in [0.15, 0.2) is 36.4 Å². The molecule has 26 heavy (non-hydrogen) atoms. The fraction of sp³-hybridized carbons (Fsp3) is 0.263. The van der Waals surface area contributed by atoms with Gasteiger partial charge in [0.2, 0.25) is 0 Å². The van der Waals surface area contributed by atoms with Crippen LogP contribution >= 0.6 is 11.6 Å². The number of esters is 1. The number of carbonyl (C=O) groups is 2. The summed E-state index contributed by atoms with van der Waals surface area (Å²) in [6, 6.07) is 9.76. The summed E-state index contributed by atoms with van der Waals surface area (Å²) in [5.41, 5.74) is 7.83. The molecule has 2 rings (SSSR count). The van der Waals surface area contributed by atoms with Gasteiger partial charge in [0.1, 0.15) is 5.75 Å². The topological polar surface area (TPSA) is 90.6 Å². The smallest absolute Gasteiger partial charge is 0.338 e. The first-order chi connectivity index (χ1) is 12.3. The normalized spacial score (nSPS) is 10.5. The predicted octanol–water partition coefficient (Wildman–Crippen LogP) is 3.81. The van der Waals surface area contributed by atoms with Crippen LogP contribution < -0.4 is 15.8 Å². The van der Waals surface area contributed by atoms with Gasteiger partial charge in [-0.2, -0.15) is 0 Å². The second kappa shape index (κ2) is 8.58. The van der Waals surface area contributed by atoms with Gasteiger partial charge in [-0.15, -0.1) is 0 Å². The summed E-state index contributed by atoms with van der Waals surface area (Å²) >= 11 is 6.03. The summed E-state index contributed by atoms with van der Waals surface area (Å²) in [5, 5.41) is 3.28. The van der Waals surface area contributed by atoms with Gasteiger partial charge in [0, 0.05) is 10.7 Å². The Balaban J connectivity index is 2.03. The van der Waals surface area contributed by atoms with Gasteiger partial charge in [-0.05, 0) is 56.7 Å². The molecule has 0 aliphatic rings. The van der Waals surface area contributed by atoms with Crippen LogP contribution in [-0.4, -0.2) is 24.6 Å². The number of nitrogens with two attached hydrogens (primary N) is 1. The molecular formula is C19H21ClN2O4. The Hall–Kier alpha value is -2.73. The minimum absolute atomic E-state index is 0.237. The van der Waals surface area contributed by atoms with Gasteiger partial charge in [0.05, 0.1) is 17.4 Å². The first-order valence-corrected chi connectivity index (χ1v) is 8.44. The van der Waals surface area contributed by atoms with Crippen LogP contribution in [0.1, 0.15) is 29.8 Å². The van der Waals surface area contributed by atoms with E-state index in [2.05, 4.69) is 5.32 Å². The molecule has 3 N–H and O–H groups in total. The van der Waals surface area contributed by atoms with Crippen molar-refractivity contribution in [2.75, 3.05) is 17.7 Å². The van der Waals surface area contributed by atoms with E-state index < -0.39 is 5.97 Å². The highest BCUT2D eigenvalue weighted by Crippen LogP contribution is 2.25. The molecule has 138 valence electrons. The van der Waals surface area contributed by atoms with Crippen molar-refractivity contribution in [3.63, 3.8) is 0 Å². The molecule has 0 fully saturated rings. The number of rotatable bonds is 6. The largest absolute Gasteiger partial charge is 0.482 e. The summed E-state index contributed by atoms with van der Waals surface area (Å²) in [7, 11) is 0. The van der Waals surface area contributed by atoms with Crippen LogP contribution in [-0.2, 0) is 9.53 Å². The number of anilines is 2. The van der Waals surface area contributed by atoms with E-state index in [1.807, 2.05) is 0 Å². The van der Waals surface area contributed by atoms with Crippen molar-refractivity contribution in [1.29, 1.82) is 0 Å². The SMILES string of the molecule is Cc1c(Cl)cccc1NC(=O)COc1cc(C(=O)OC(C)C)ccc1N. The molecular weight excluding hydrogens is 356 g/mol. The number of nitrogens with one attached hydrogen (secondary N) is 1. The van der Waals surface area contributed by atoms with Crippen molar-refractivity contribution in [2.45, 2.75) is 26.9 Å². The van der Waals surface area contributed by atoms with Gasteiger partial charge in [0.25, 0.3) is 5.91 Å². The fourth-order valence-electron chi connectivity index (χ4n) is 2.14. The Kier molecular flexibility index (Phi) is 6.46. The first kappa shape index (κ1) is 19.6. The molecule has 0 bridgehead atoms. The average molecular weight is 377 g/mol. The van der Waals surface area contributed by atoms with Crippen LogP contribution in [0.25, 0.3) is 0 Å². The molecule has 0 heterocycles. The van der Waals surface area contributed by atoms with Crippen LogP contribution in [0.3, 0.4) is 0 Å². The number of hydrogen-bond donors (Lipinski definition) is 2. The number of benzene rings is 2. The zero-order chi connectivity index (χ0) is 19.3. The van der Waals surface area contributed by atoms with E-state index in [-0.39, 0.29) is 24.4 Å². The maximum absolute atomic E-state index is 12.1. The van der Waals surface area contributed by atoms with Gasteiger partial charge in [-0.3, -0.25) is 4.79 Å². The highest BCUT2D eigenvalue weighted by Gasteiger charge is 2.13. The number of amides is 1. The highest BCUT2D eigenvalue weighted by atomic mass is 35.5. The van der Waals surface area contributed by atoms with Gasteiger partial charge < -0.3 is 20.5 Å². The summed E-state index contributed by atoms with van der Waals surface area (Å²) in [6.07, 6.45) is -0.240. The molecule has 2 aromatic carbocycles. The summed E-state index contributed by atoms with van der Waals surface area (Å²) in [6.45, 7) is 5.06. The second-order valence-corrected chi connectivity index (χ2v) is 6.36. The van der Waals surface area contributed by atoms with Crippen molar-refractivity contribution in [1.82, 2.24) is 0 Å². The lowest BCUT2D eigenvalue weighted by atomic mass is 10.2. The molecule has 7 heteroatoms. The van der Waals surface area contributed by atoms with E-state index in [1.165, 1.54) is 12.1 Å². The molecule has 0 unspecified atom stereocenters. The predicted molar refractivity (Wildman–Crippen MR) is 102 cm³/mol. The highest BCUT2D eigenvalue weighted by molar-refractivity contribution is 6.31. The van der Waals surface area contributed by atoms with Crippen LogP contribution in [0.5, 0.6) is 5.75 Å². The Morgan fingerprint density at radius 3 is 2.65 bits per heavy atom. The number of ether oxygens (including phenoxy) is 2. The summed E-state index contributed by atoms with van der Waals surface area (Å²) in [5.74, 6) is -0.616. The third-order valence-corrected chi connectivity index (χ3v) is 3.90. The molecule has 0 aliphatic carbocycles. The van der Waals surface area contributed by atoms with E-state index in [9.17, 15) is 9.59 Å². The summed E-state index contributed by atoms with van der Waals surface area (Å²) in [4.78, 5) is 24.1. The van der Waals surface area contributed by atoms with Crippen LogP contribution in [0, 0.1) is 6.92 Å². The Morgan fingerprint density at radius 1 is 1.23 bits per heavy atom. The van der Waals surface area contributed by atoms with E-state index in [0.29, 0.717) is 22.0 Å². The maximum atomic E-state index is 12.1. The Morgan fingerprint density at radius 2 is 1.96 bits per heavy atom. The fourth-order valence-corrected chi connectivity index (χ4v) is 2.32. The zero-order valence-electron chi connectivity index (χ0n) is 14.8. The average Bonchev–Trinajstić information content (AvgIpc) is 2.57. The molecule has 0 aromatic heterocycles. The monoisotopic (exact) mass is 376 g/mol. The van der Waals surface area contributed by atoms with Crippen molar-refractivity contribution >= 4 is 34.9 Å². The van der Waals surface area contributed by atoms with E-state index >= 15 is 0 Å². The lowest BCUT2D eigenvalue weighted by molar-refractivity contribution is -0.118. The van der Waals surface area contributed by atoms with Gasteiger partial charge >= 0.3 is 5.97 Å². The molecule has 2 aromatic rings. The lowest BCUT2D eigenvalue weighted by Gasteiger charge is -2.13. The Labute approximate surface area is 157 Å². The van der Waals surface area contributed by atoms with E-state index in [4.69, 9.17) is 26.8 Å². The van der Waals surface area contributed by atoms with Crippen LogP contribution in [0.4, 0.5) is 11.4 Å². The molecule has 0 radical (unpaired) electrons. The van der Waals surface area contributed by atoms with Crippen molar-refractivity contribution < 1.29 is 19.1 Å².